The second kappa shape index (κ2) is 7.03. The normalized spacial score (nSPS) is 24.6. The summed E-state index contributed by atoms with van der Waals surface area (Å²) < 4.78 is 55.6. The van der Waals surface area contributed by atoms with E-state index in [9.17, 15) is 22.4 Å². The third-order valence-corrected chi connectivity index (χ3v) is 5.04. The fraction of sp³-hybridized carbons (Fsp3) is 0.923. The molecule has 0 N–H and O–H groups in total. The minimum atomic E-state index is -3.54. The van der Waals surface area contributed by atoms with Crippen molar-refractivity contribution >= 4 is 37.6 Å². The predicted molar refractivity (Wildman–Crippen MR) is 81.9 cm³/mol. The smallest absolute Gasteiger partial charge is 0.296 e. The molecular weight excluding hydrogens is 436 g/mol. The van der Waals surface area contributed by atoms with Crippen LogP contribution in [0, 0.1) is 0 Å². The van der Waals surface area contributed by atoms with Gasteiger partial charge in [0, 0.05) is 0 Å². The molecule has 0 amide bonds. The van der Waals surface area contributed by atoms with Crippen molar-refractivity contribution in [3.05, 3.63) is 0 Å². The van der Waals surface area contributed by atoms with Crippen molar-refractivity contribution < 1.29 is 22.4 Å². The summed E-state index contributed by atoms with van der Waals surface area (Å²) in [5.74, 6) is -1.13. The molecule has 2 aliphatic heterocycles. The Morgan fingerprint density at radius 3 is 1.27 bits per heavy atom. The lowest BCUT2D eigenvalue weighted by Gasteiger charge is -2.36. The Balaban J connectivity index is 2.29. The van der Waals surface area contributed by atoms with Crippen molar-refractivity contribution in [2.24, 2.45) is 0 Å². The number of carbonyl (C=O) groups excluding carboxylic acids is 1. The van der Waals surface area contributed by atoms with Gasteiger partial charge in [-0.3, -0.25) is 14.6 Å². The zero-order chi connectivity index (χ0) is 16.5. The molecule has 2 fully saturated rings. The van der Waals surface area contributed by atoms with Gasteiger partial charge in [-0.2, -0.15) is 17.6 Å². The first-order chi connectivity index (χ1) is 10.1. The largest absolute Gasteiger partial charge is 0.323 e. The van der Waals surface area contributed by atoms with Crippen LogP contribution in [0.15, 0.2) is 0 Å². The van der Waals surface area contributed by atoms with E-state index in [1.165, 1.54) is 9.80 Å². The van der Waals surface area contributed by atoms with Crippen molar-refractivity contribution in [1.82, 2.24) is 9.80 Å². The van der Waals surface area contributed by atoms with Crippen molar-refractivity contribution in [3.63, 3.8) is 0 Å². The van der Waals surface area contributed by atoms with Crippen molar-refractivity contribution in [2.45, 2.75) is 47.4 Å². The fourth-order valence-corrected chi connectivity index (χ4v) is 4.28. The Kier molecular flexibility index (Phi) is 5.94. The Hall–Kier alpha value is 0.270. The molecule has 3 nitrogen and oxygen atoms in total. The van der Waals surface area contributed by atoms with Gasteiger partial charge in [0.15, 0.2) is 5.78 Å². The Bertz CT molecular complexity index is 366. The summed E-state index contributed by atoms with van der Waals surface area (Å²) in [5.41, 5.74) is 0. The summed E-state index contributed by atoms with van der Waals surface area (Å²) in [6.07, 6.45) is 2.75. The molecule has 0 aliphatic carbocycles. The summed E-state index contributed by atoms with van der Waals surface area (Å²) in [6.45, 7) is 1.27. The van der Waals surface area contributed by atoms with E-state index in [2.05, 4.69) is 31.9 Å². The van der Waals surface area contributed by atoms with Crippen LogP contribution in [0.5, 0.6) is 0 Å². The van der Waals surface area contributed by atoms with Crippen LogP contribution in [0.4, 0.5) is 17.6 Å². The van der Waals surface area contributed by atoms with Gasteiger partial charge in [-0.05, 0) is 83.7 Å². The number of nitrogens with zero attached hydrogens (tertiary/aromatic N) is 2. The van der Waals surface area contributed by atoms with E-state index >= 15 is 0 Å². The van der Waals surface area contributed by atoms with Gasteiger partial charge in [0.25, 0.3) is 0 Å². The molecule has 0 bridgehead atoms. The molecule has 22 heavy (non-hydrogen) atoms. The van der Waals surface area contributed by atoms with E-state index in [0.29, 0.717) is 51.9 Å². The standard InChI is InChI=1S/C13H18Br2F4N2O/c14-12(16,17)10(20-5-1-2-6-20)9(22)11(13(15,18)19)21-7-3-4-8-21/h10-11H,1-8H2. The van der Waals surface area contributed by atoms with Crippen LogP contribution in [0.1, 0.15) is 25.7 Å². The average Bonchev–Trinajstić information content (AvgIpc) is 2.98. The first kappa shape index (κ1) is 18.6. The molecule has 0 radical (unpaired) electrons. The zero-order valence-electron chi connectivity index (χ0n) is 11.9. The van der Waals surface area contributed by atoms with E-state index in [1.54, 1.807) is 0 Å². The first-order valence-corrected chi connectivity index (χ1v) is 8.86. The van der Waals surface area contributed by atoms with Crippen LogP contribution in [-0.4, -0.2) is 63.5 Å². The molecule has 9 heteroatoms. The van der Waals surface area contributed by atoms with Crippen LogP contribution >= 0.6 is 31.9 Å². The summed E-state index contributed by atoms with van der Waals surface area (Å²) in [6, 6.07) is -3.74. The van der Waals surface area contributed by atoms with Crippen LogP contribution in [0.25, 0.3) is 0 Å². The van der Waals surface area contributed by atoms with E-state index in [1.807, 2.05) is 0 Å². The van der Waals surface area contributed by atoms with Gasteiger partial charge in [-0.15, -0.1) is 0 Å². The topological polar surface area (TPSA) is 23.6 Å². The van der Waals surface area contributed by atoms with Crippen LogP contribution < -0.4 is 0 Å². The maximum absolute atomic E-state index is 13.9. The van der Waals surface area contributed by atoms with Gasteiger partial charge >= 0.3 is 9.66 Å². The lowest BCUT2D eigenvalue weighted by atomic mass is 10.0. The van der Waals surface area contributed by atoms with E-state index < -0.39 is 27.5 Å². The highest BCUT2D eigenvalue weighted by atomic mass is 79.9. The monoisotopic (exact) mass is 452 g/mol. The van der Waals surface area contributed by atoms with E-state index in [4.69, 9.17) is 0 Å². The number of Topliss-reactive ketones (excluding diaryl/α,β-unsaturated/α-hetero) is 1. The molecule has 2 rings (SSSR count). The highest BCUT2D eigenvalue weighted by Crippen LogP contribution is 2.39. The number of likely N-dealkylation sites (tertiary alicyclic amines) is 2. The lowest BCUT2D eigenvalue weighted by molar-refractivity contribution is -0.143. The lowest BCUT2D eigenvalue weighted by Crippen LogP contribution is -2.59. The summed E-state index contributed by atoms with van der Waals surface area (Å²) >= 11 is 4.45. The van der Waals surface area contributed by atoms with Gasteiger partial charge < -0.3 is 0 Å². The number of ketones is 1. The minimum Gasteiger partial charge on any atom is -0.296 e. The third-order valence-electron chi connectivity index (χ3n) is 4.17. The molecule has 128 valence electrons. The minimum absolute atomic E-state index is 0.318. The quantitative estimate of drug-likeness (QED) is 0.454. The fourth-order valence-electron chi connectivity index (χ4n) is 3.25. The highest BCUT2D eigenvalue weighted by Gasteiger charge is 2.55. The third kappa shape index (κ3) is 4.21. The molecule has 0 saturated carbocycles. The number of halogens is 6. The maximum atomic E-state index is 13.9. The van der Waals surface area contributed by atoms with Crippen molar-refractivity contribution in [3.8, 4) is 0 Å². The number of alkyl halides is 6. The summed E-state index contributed by atoms with van der Waals surface area (Å²) in [4.78, 5) is 8.14. The Morgan fingerprint density at radius 2 is 1.05 bits per heavy atom. The van der Waals surface area contributed by atoms with Crippen LogP contribution in [0.3, 0.4) is 0 Å². The second-order valence-electron chi connectivity index (χ2n) is 5.78. The van der Waals surface area contributed by atoms with Gasteiger partial charge in [-0.1, -0.05) is 0 Å². The molecule has 2 unspecified atom stereocenters. The molecule has 0 aromatic carbocycles. The number of rotatable bonds is 6. The summed E-state index contributed by atoms with van der Waals surface area (Å²) in [5, 5.41) is 0. The van der Waals surface area contributed by atoms with E-state index in [-0.39, 0.29) is 0 Å². The van der Waals surface area contributed by atoms with Gasteiger partial charge in [0.2, 0.25) is 0 Å². The highest BCUT2D eigenvalue weighted by molar-refractivity contribution is 9.10. The molecule has 2 aliphatic rings. The molecule has 2 saturated heterocycles. The van der Waals surface area contributed by atoms with Crippen molar-refractivity contribution in [2.75, 3.05) is 26.2 Å². The molecule has 0 aromatic heterocycles. The van der Waals surface area contributed by atoms with Crippen LogP contribution in [0.2, 0.25) is 0 Å². The summed E-state index contributed by atoms with van der Waals surface area (Å²) in [7, 11) is 0. The maximum Gasteiger partial charge on any atom is 0.323 e. The molecule has 2 atom stereocenters. The predicted octanol–water partition coefficient (Wildman–Crippen LogP) is 3.46. The number of carbonyl (C=O) groups is 1. The molecular formula is C13H18Br2F4N2O. The Morgan fingerprint density at radius 1 is 0.773 bits per heavy atom. The molecule has 2 heterocycles. The van der Waals surface area contributed by atoms with Gasteiger partial charge in [0.05, 0.1) is 0 Å². The average molecular weight is 454 g/mol. The van der Waals surface area contributed by atoms with E-state index in [0.717, 1.165) is 0 Å². The van der Waals surface area contributed by atoms with Gasteiger partial charge in [-0.25, -0.2) is 0 Å². The van der Waals surface area contributed by atoms with Crippen molar-refractivity contribution in [1.29, 1.82) is 0 Å². The SMILES string of the molecule is O=C(C(N1CCCC1)C(F)(F)Br)C(N1CCCC1)C(F)(F)Br. The van der Waals surface area contributed by atoms with Crippen LogP contribution in [-0.2, 0) is 4.79 Å². The molecule has 0 aromatic rings. The second-order valence-corrected chi connectivity index (χ2v) is 7.89. The van der Waals surface area contributed by atoms with Gasteiger partial charge in [0.1, 0.15) is 12.1 Å². The number of hydrogen-bond donors (Lipinski definition) is 0. The Labute approximate surface area is 143 Å². The molecule has 0 spiro atoms. The zero-order valence-corrected chi connectivity index (χ0v) is 15.1. The first-order valence-electron chi connectivity index (χ1n) is 7.27. The number of hydrogen-bond acceptors (Lipinski definition) is 3.